The second kappa shape index (κ2) is 7.42. The van der Waals surface area contributed by atoms with Gasteiger partial charge in [0.1, 0.15) is 12.4 Å². The molecule has 2 aromatic rings. The van der Waals surface area contributed by atoms with Crippen LogP contribution in [0.3, 0.4) is 0 Å². The first-order valence-electron chi connectivity index (χ1n) is 7.37. The van der Waals surface area contributed by atoms with E-state index in [1.807, 2.05) is 52.1 Å². The molecule has 1 aromatic carbocycles. The van der Waals surface area contributed by atoms with Crippen molar-refractivity contribution in [3.63, 3.8) is 0 Å². The third-order valence-corrected chi connectivity index (χ3v) is 3.84. The van der Waals surface area contributed by atoms with Crippen LogP contribution in [0.4, 0.5) is 0 Å². The molecule has 8 heteroatoms. The highest BCUT2D eigenvalue weighted by Crippen LogP contribution is 2.15. The Bertz CT molecular complexity index is 689. The normalized spacial score (nSPS) is 11.9. The Balaban J connectivity index is 1.85. The molecular weight excluding hydrogens is 334 g/mol. The zero-order valence-corrected chi connectivity index (χ0v) is 15.4. The molecule has 2 rings (SSSR count). The van der Waals surface area contributed by atoms with Gasteiger partial charge in [-0.1, -0.05) is 11.6 Å². The molecule has 0 aliphatic heterocycles. The number of ether oxygens (including phenoxy) is 1. The van der Waals surface area contributed by atoms with Crippen molar-refractivity contribution in [2.45, 2.75) is 33.0 Å². The number of likely N-dealkylation sites (N-methyl/N-ethyl adjacent to an activating group) is 1. The molecule has 23 heavy (non-hydrogen) atoms. The number of nitrogens with zero attached hydrogens (tertiary/aromatic N) is 5. The second-order valence-electron chi connectivity index (χ2n) is 6.37. The van der Waals surface area contributed by atoms with Crippen LogP contribution in [0.2, 0.25) is 5.02 Å². The van der Waals surface area contributed by atoms with E-state index in [9.17, 15) is 0 Å². The van der Waals surface area contributed by atoms with Crippen LogP contribution in [0.25, 0.3) is 0 Å². The zero-order chi connectivity index (χ0) is 17.0. The topological polar surface area (TPSA) is 48.1 Å². The van der Waals surface area contributed by atoms with Gasteiger partial charge in [0.15, 0.2) is 0 Å². The molecule has 0 radical (unpaired) electrons. The summed E-state index contributed by atoms with van der Waals surface area (Å²) in [6.07, 6.45) is 0. The van der Waals surface area contributed by atoms with Crippen molar-refractivity contribution in [2.75, 3.05) is 20.2 Å². The smallest absolute Gasteiger partial charge is 0.217 e. The van der Waals surface area contributed by atoms with Crippen molar-refractivity contribution in [3.05, 3.63) is 34.1 Å². The first-order valence-corrected chi connectivity index (χ1v) is 8.16. The third-order valence-electron chi connectivity index (χ3n) is 3.21. The minimum Gasteiger partial charge on any atom is -0.492 e. The lowest BCUT2D eigenvalue weighted by Crippen LogP contribution is -2.28. The molecule has 1 aromatic heterocycles. The Morgan fingerprint density at radius 2 is 1.87 bits per heavy atom. The quantitative estimate of drug-likeness (QED) is 0.745. The van der Waals surface area contributed by atoms with Gasteiger partial charge >= 0.3 is 0 Å². The molecule has 0 spiro atoms. The van der Waals surface area contributed by atoms with Gasteiger partial charge in [-0.25, -0.2) is 9.36 Å². The van der Waals surface area contributed by atoms with Crippen LogP contribution in [0.1, 0.15) is 20.8 Å². The monoisotopic (exact) mass is 355 g/mol. The lowest BCUT2D eigenvalue weighted by molar-refractivity contribution is 0.196. The number of tetrazole rings is 1. The van der Waals surface area contributed by atoms with E-state index in [2.05, 4.69) is 15.3 Å². The highest BCUT2D eigenvalue weighted by molar-refractivity contribution is 7.71. The van der Waals surface area contributed by atoms with E-state index in [0.717, 1.165) is 12.3 Å². The highest BCUT2D eigenvalue weighted by atomic mass is 35.5. The van der Waals surface area contributed by atoms with Gasteiger partial charge in [-0.3, -0.25) is 4.90 Å². The van der Waals surface area contributed by atoms with Gasteiger partial charge in [-0.15, -0.1) is 0 Å². The summed E-state index contributed by atoms with van der Waals surface area (Å²) < 4.78 is 9.76. The average Bonchev–Trinajstić information content (AvgIpc) is 2.82. The van der Waals surface area contributed by atoms with Gasteiger partial charge < -0.3 is 4.74 Å². The van der Waals surface area contributed by atoms with Crippen molar-refractivity contribution >= 4 is 23.8 Å². The number of aromatic nitrogens is 4. The summed E-state index contributed by atoms with van der Waals surface area (Å²) in [5.74, 6) is 0.804. The van der Waals surface area contributed by atoms with Gasteiger partial charge in [0.25, 0.3) is 0 Å². The van der Waals surface area contributed by atoms with Crippen molar-refractivity contribution < 1.29 is 4.74 Å². The number of rotatable bonds is 6. The zero-order valence-electron chi connectivity index (χ0n) is 13.9. The molecule has 0 amide bonds. The van der Waals surface area contributed by atoms with Gasteiger partial charge in [-0.05, 0) is 74.7 Å². The van der Waals surface area contributed by atoms with E-state index in [0.29, 0.717) is 23.1 Å². The summed E-state index contributed by atoms with van der Waals surface area (Å²) in [4.78, 5) is 2.08. The van der Waals surface area contributed by atoms with E-state index in [1.54, 1.807) is 9.36 Å². The molecule has 0 atom stereocenters. The fraction of sp³-hybridized carbons (Fsp3) is 0.533. The molecule has 0 aliphatic carbocycles. The SMILES string of the molecule is CN(CCOc1ccc(Cl)cc1)Cn1nnn(C(C)(C)C)c1=S. The van der Waals surface area contributed by atoms with E-state index >= 15 is 0 Å². The molecule has 0 bridgehead atoms. The summed E-state index contributed by atoms with van der Waals surface area (Å²) in [7, 11) is 1.99. The van der Waals surface area contributed by atoms with Gasteiger partial charge in [-0.2, -0.15) is 0 Å². The van der Waals surface area contributed by atoms with Crippen LogP contribution in [0.5, 0.6) is 5.75 Å². The lowest BCUT2D eigenvalue weighted by Gasteiger charge is -2.18. The van der Waals surface area contributed by atoms with Crippen molar-refractivity contribution in [3.8, 4) is 5.75 Å². The molecule has 1 heterocycles. The maximum Gasteiger partial charge on any atom is 0.217 e. The number of hydrogen-bond acceptors (Lipinski definition) is 5. The first kappa shape index (κ1) is 17.9. The molecule has 126 valence electrons. The molecular formula is C15H22ClN5OS. The molecule has 0 saturated heterocycles. The number of hydrogen-bond donors (Lipinski definition) is 0. The lowest BCUT2D eigenvalue weighted by atomic mass is 10.1. The summed E-state index contributed by atoms with van der Waals surface area (Å²) in [5.41, 5.74) is -0.175. The maximum absolute atomic E-state index is 5.84. The van der Waals surface area contributed by atoms with E-state index < -0.39 is 0 Å². The molecule has 0 aliphatic rings. The molecule has 6 nitrogen and oxygen atoms in total. The molecule has 0 saturated carbocycles. The standard InChI is InChI=1S/C15H22ClN5OS/c1-15(2,3)21-14(23)20(17-18-21)11-19(4)9-10-22-13-7-5-12(16)6-8-13/h5-8H,9-11H2,1-4H3. The fourth-order valence-electron chi connectivity index (χ4n) is 1.93. The highest BCUT2D eigenvalue weighted by Gasteiger charge is 2.18. The molecule has 0 fully saturated rings. The van der Waals surface area contributed by atoms with Crippen LogP contribution >= 0.6 is 23.8 Å². The van der Waals surface area contributed by atoms with Gasteiger partial charge in [0, 0.05) is 11.6 Å². The number of benzene rings is 1. The van der Waals surface area contributed by atoms with Crippen molar-refractivity contribution in [2.24, 2.45) is 0 Å². The minimum atomic E-state index is -0.175. The largest absolute Gasteiger partial charge is 0.492 e. The first-order chi connectivity index (χ1) is 10.8. The predicted molar refractivity (Wildman–Crippen MR) is 93.4 cm³/mol. The van der Waals surface area contributed by atoms with Crippen LogP contribution in [0, 0.1) is 4.77 Å². The summed E-state index contributed by atoms with van der Waals surface area (Å²) in [6, 6.07) is 7.33. The van der Waals surface area contributed by atoms with E-state index in [1.165, 1.54) is 0 Å². The summed E-state index contributed by atoms with van der Waals surface area (Å²) in [5, 5.41) is 8.96. The summed E-state index contributed by atoms with van der Waals surface area (Å²) in [6.45, 7) is 8.02. The van der Waals surface area contributed by atoms with E-state index in [-0.39, 0.29) is 5.54 Å². The summed E-state index contributed by atoms with van der Waals surface area (Å²) >= 11 is 11.3. The Morgan fingerprint density at radius 3 is 2.43 bits per heavy atom. The molecule has 0 unspecified atom stereocenters. The van der Waals surface area contributed by atoms with E-state index in [4.69, 9.17) is 28.6 Å². The fourth-order valence-corrected chi connectivity index (χ4v) is 2.46. The van der Waals surface area contributed by atoms with Crippen LogP contribution < -0.4 is 4.74 Å². The Hall–Kier alpha value is -1.44. The van der Waals surface area contributed by atoms with Crippen molar-refractivity contribution in [1.82, 2.24) is 24.7 Å². The Labute approximate surface area is 146 Å². The van der Waals surface area contributed by atoms with Crippen LogP contribution in [0.15, 0.2) is 24.3 Å². The maximum atomic E-state index is 5.84. The number of halogens is 1. The third kappa shape index (κ3) is 5.02. The predicted octanol–water partition coefficient (Wildman–Crippen LogP) is 3.19. The Morgan fingerprint density at radius 1 is 1.22 bits per heavy atom. The Kier molecular flexibility index (Phi) is 5.78. The average molecular weight is 356 g/mol. The van der Waals surface area contributed by atoms with Crippen LogP contribution in [-0.4, -0.2) is 44.9 Å². The minimum absolute atomic E-state index is 0.175. The van der Waals surface area contributed by atoms with Gasteiger partial charge in [0.05, 0.1) is 12.2 Å². The second-order valence-corrected chi connectivity index (χ2v) is 7.17. The van der Waals surface area contributed by atoms with Crippen molar-refractivity contribution in [1.29, 1.82) is 0 Å². The van der Waals surface area contributed by atoms with Crippen LogP contribution in [-0.2, 0) is 12.2 Å². The van der Waals surface area contributed by atoms with Gasteiger partial charge in [0.2, 0.25) is 4.77 Å². The molecule has 0 N–H and O–H groups in total.